The maximum atomic E-state index is 11.3. The van der Waals surface area contributed by atoms with Gasteiger partial charge in [0.2, 0.25) is 0 Å². The number of carboxylic acid groups (broad SMARTS) is 1. The standard InChI is InChI=1S/C12H18N4O3/c1-3-4-5-9(12(18)19)14-10-7-6-8(15-16-10)11(17)13-2/h6-7,9H,3-5H2,1-2H3,(H,13,17)(H,14,16)(H,18,19)/t9-/m0/s1. The molecule has 1 atom stereocenters. The molecule has 19 heavy (non-hydrogen) atoms. The lowest BCUT2D eigenvalue weighted by Crippen LogP contribution is -2.30. The highest BCUT2D eigenvalue weighted by Crippen LogP contribution is 2.09. The molecule has 0 spiro atoms. The van der Waals surface area contributed by atoms with E-state index in [0.29, 0.717) is 12.2 Å². The molecule has 104 valence electrons. The van der Waals surface area contributed by atoms with E-state index in [4.69, 9.17) is 5.11 Å². The van der Waals surface area contributed by atoms with Gasteiger partial charge in [-0.1, -0.05) is 19.8 Å². The van der Waals surface area contributed by atoms with E-state index in [2.05, 4.69) is 20.8 Å². The van der Waals surface area contributed by atoms with Crippen molar-refractivity contribution in [3.63, 3.8) is 0 Å². The fraction of sp³-hybridized carbons (Fsp3) is 0.500. The Bertz CT molecular complexity index is 433. The van der Waals surface area contributed by atoms with Crippen molar-refractivity contribution in [3.8, 4) is 0 Å². The summed E-state index contributed by atoms with van der Waals surface area (Å²) < 4.78 is 0. The van der Waals surface area contributed by atoms with E-state index in [-0.39, 0.29) is 11.6 Å². The number of carbonyl (C=O) groups is 2. The van der Waals surface area contributed by atoms with Gasteiger partial charge in [-0.3, -0.25) is 4.79 Å². The van der Waals surface area contributed by atoms with E-state index in [1.165, 1.54) is 13.1 Å². The van der Waals surface area contributed by atoms with Gasteiger partial charge >= 0.3 is 5.97 Å². The Balaban J connectivity index is 2.69. The third-order valence-electron chi connectivity index (χ3n) is 2.59. The summed E-state index contributed by atoms with van der Waals surface area (Å²) in [6, 6.07) is 2.34. The third kappa shape index (κ3) is 4.53. The summed E-state index contributed by atoms with van der Waals surface area (Å²) >= 11 is 0. The lowest BCUT2D eigenvalue weighted by Gasteiger charge is -2.14. The lowest BCUT2D eigenvalue weighted by atomic mass is 10.1. The topological polar surface area (TPSA) is 104 Å². The molecule has 0 fully saturated rings. The second-order valence-electron chi connectivity index (χ2n) is 4.06. The number of rotatable bonds is 7. The molecule has 0 saturated carbocycles. The fourth-order valence-electron chi connectivity index (χ4n) is 1.50. The van der Waals surface area contributed by atoms with E-state index in [0.717, 1.165) is 12.8 Å². The number of hydrogen-bond donors (Lipinski definition) is 3. The first-order chi connectivity index (χ1) is 9.08. The first-order valence-corrected chi connectivity index (χ1v) is 6.13. The maximum Gasteiger partial charge on any atom is 0.326 e. The largest absolute Gasteiger partial charge is 0.480 e. The van der Waals surface area contributed by atoms with Crippen molar-refractivity contribution < 1.29 is 14.7 Å². The molecule has 0 aliphatic carbocycles. The molecule has 7 nitrogen and oxygen atoms in total. The Morgan fingerprint density at radius 1 is 1.37 bits per heavy atom. The molecule has 1 amide bonds. The van der Waals surface area contributed by atoms with Crippen LogP contribution in [-0.4, -0.2) is 40.3 Å². The molecular weight excluding hydrogens is 248 g/mol. The van der Waals surface area contributed by atoms with Gasteiger partial charge < -0.3 is 15.7 Å². The highest BCUT2D eigenvalue weighted by Gasteiger charge is 2.17. The van der Waals surface area contributed by atoms with Gasteiger partial charge in [-0.25, -0.2) is 4.79 Å². The summed E-state index contributed by atoms with van der Waals surface area (Å²) in [5, 5.41) is 21.8. The summed E-state index contributed by atoms with van der Waals surface area (Å²) in [7, 11) is 1.50. The van der Waals surface area contributed by atoms with E-state index in [1.807, 2.05) is 6.92 Å². The number of nitrogens with zero attached hydrogens (tertiary/aromatic N) is 2. The van der Waals surface area contributed by atoms with E-state index in [1.54, 1.807) is 6.07 Å². The number of aliphatic carboxylic acids is 1. The number of amides is 1. The van der Waals surface area contributed by atoms with Crippen LogP contribution in [0.15, 0.2) is 12.1 Å². The van der Waals surface area contributed by atoms with Crippen LogP contribution >= 0.6 is 0 Å². The molecule has 0 unspecified atom stereocenters. The summed E-state index contributed by atoms with van der Waals surface area (Å²) in [6.07, 6.45) is 2.26. The predicted molar refractivity (Wildman–Crippen MR) is 70.0 cm³/mol. The summed E-state index contributed by atoms with van der Waals surface area (Å²) in [5.41, 5.74) is 0.188. The van der Waals surface area contributed by atoms with Crippen molar-refractivity contribution in [2.24, 2.45) is 0 Å². The molecule has 0 aliphatic heterocycles. The van der Waals surface area contributed by atoms with Crippen LogP contribution < -0.4 is 10.6 Å². The first-order valence-electron chi connectivity index (χ1n) is 6.13. The zero-order valence-corrected chi connectivity index (χ0v) is 11.0. The van der Waals surface area contributed by atoms with Gasteiger partial charge in [0.1, 0.15) is 11.9 Å². The number of anilines is 1. The summed E-state index contributed by atoms with van der Waals surface area (Å²) in [4.78, 5) is 22.3. The molecule has 0 aromatic carbocycles. The first kappa shape index (κ1) is 14.9. The minimum Gasteiger partial charge on any atom is -0.480 e. The van der Waals surface area contributed by atoms with Gasteiger partial charge in [0.25, 0.3) is 5.91 Å². The van der Waals surface area contributed by atoms with Crippen LogP contribution in [0.3, 0.4) is 0 Å². The SMILES string of the molecule is CCCC[C@H](Nc1ccc(C(=O)NC)nn1)C(=O)O. The third-order valence-corrected chi connectivity index (χ3v) is 2.59. The van der Waals surface area contributed by atoms with E-state index in [9.17, 15) is 9.59 Å². The van der Waals surface area contributed by atoms with E-state index >= 15 is 0 Å². The number of aromatic nitrogens is 2. The lowest BCUT2D eigenvalue weighted by molar-refractivity contribution is -0.138. The Labute approximate surface area is 111 Å². The predicted octanol–water partition coefficient (Wildman–Crippen LogP) is 0.891. The molecule has 0 bridgehead atoms. The molecule has 1 heterocycles. The van der Waals surface area contributed by atoms with Gasteiger partial charge in [-0.2, -0.15) is 0 Å². The van der Waals surface area contributed by atoms with Crippen molar-refractivity contribution in [2.75, 3.05) is 12.4 Å². The molecule has 3 N–H and O–H groups in total. The Hall–Kier alpha value is -2.18. The average molecular weight is 266 g/mol. The smallest absolute Gasteiger partial charge is 0.326 e. The van der Waals surface area contributed by atoms with Gasteiger partial charge in [-0.05, 0) is 18.6 Å². The zero-order valence-electron chi connectivity index (χ0n) is 11.0. The van der Waals surface area contributed by atoms with Crippen LogP contribution in [0.2, 0.25) is 0 Å². The van der Waals surface area contributed by atoms with Crippen molar-refractivity contribution in [1.29, 1.82) is 0 Å². The Morgan fingerprint density at radius 3 is 2.58 bits per heavy atom. The molecule has 1 aromatic heterocycles. The number of nitrogens with one attached hydrogen (secondary N) is 2. The maximum absolute atomic E-state index is 11.3. The van der Waals surface area contributed by atoms with Crippen LogP contribution in [0.1, 0.15) is 36.7 Å². The molecule has 0 saturated heterocycles. The van der Waals surface area contributed by atoms with Crippen molar-refractivity contribution >= 4 is 17.7 Å². The van der Waals surface area contributed by atoms with Gasteiger partial charge in [0.05, 0.1) is 0 Å². The van der Waals surface area contributed by atoms with Crippen LogP contribution in [-0.2, 0) is 4.79 Å². The van der Waals surface area contributed by atoms with Crippen LogP contribution in [0, 0.1) is 0 Å². The molecule has 1 aromatic rings. The van der Waals surface area contributed by atoms with Crippen molar-refractivity contribution in [1.82, 2.24) is 15.5 Å². The summed E-state index contributed by atoms with van der Waals surface area (Å²) in [5.74, 6) is -0.915. The molecule has 0 aliphatic rings. The zero-order chi connectivity index (χ0) is 14.3. The highest BCUT2D eigenvalue weighted by molar-refractivity contribution is 5.91. The summed E-state index contributed by atoms with van der Waals surface area (Å²) in [6.45, 7) is 2.00. The van der Waals surface area contributed by atoms with Gasteiger partial charge in [0, 0.05) is 7.05 Å². The van der Waals surface area contributed by atoms with Crippen molar-refractivity contribution in [2.45, 2.75) is 32.2 Å². The average Bonchev–Trinajstić information content (AvgIpc) is 2.43. The number of carbonyl (C=O) groups excluding carboxylic acids is 1. The molecular formula is C12H18N4O3. The number of unbranched alkanes of at least 4 members (excludes halogenated alkanes) is 1. The molecule has 1 rings (SSSR count). The second kappa shape index (κ2) is 7.30. The fourth-order valence-corrected chi connectivity index (χ4v) is 1.50. The minimum absolute atomic E-state index is 0.188. The van der Waals surface area contributed by atoms with E-state index < -0.39 is 12.0 Å². The monoisotopic (exact) mass is 266 g/mol. The minimum atomic E-state index is -0.925. The Morgan fingerprint density at radius 2 is 2.11 bits per heavy atom. The highest BCUT2D eigenvalue weighted by atomic mass is 16.4. The van der Waals surface area contributed by atoms with Crippen LogP contribution in [0.5, 0.6) is 0 Å². The quantitative estimate of drug-likeness (QED) is 0.677. The second-order valence-corrected chi connectivity index (χ2v) is 4.06. The van der Waals surface area contributed by atoms with Gasteiger partial charge in [0.15, 0.2) is 5.69 Å². The number of carboxylic acids is 1. The normalized spacial score (nSPS) is 11.7. The van der Waals surface area contributed by atoms with Crippen LogP contribution in [0.25, 0.3) is 0 Å². The van der Waals surface area contributed by atoms with Crippen molar-refractivity contribution in [3.05, 3.63) is 17.8 Å². The molecule has 7 heteroatoms. The van der Waals surface area contributed by atoms with Gasteiger partial charge in [-0.15, -0.1) is 10.2 Å². The van der Waals surface area contributed by atoms with Crippen LogP contribution in [0.4, 0.5) is 5.82 Å². The molecule has 0 radical (unpaired) electrons. The Kier molecular flexibility index (Phi) is 5.72. The number of hydrogen-bond acceptors (Lipinski definition) is 5.